The van der Waals surface area contributed by atoms with Gasteiger partial charge in [0.2, 0.25) is 5.89 Å². The molecule has 172 valence electrons. The van der Waals surface area contributed by atoms with Crippen molar-refractivity contribution in [3.8, 4) is 11.5 Å². The molecule has 5 rings (SSSR count). The van der Waals surface area contributed by atoms with E-state index in [1.807, 2.05) is 24.5 Å². The van der Waals surface area contributed by atoms with Gasteiger partial charge >= 0.3 is 0 Å². The summed E-state index contributed by atoms with van der Waals surface area (Å²) in [5.74, 6) is 0.0468. The number of rotatable bonds is 5. The summed E-state index contributed by atoms with van der Waals surface area (Å²) in [4.78, 5) is 25.6. The molecule has 1 spiro atoms. The standard InChI is InChI=1S/C24H25ClN4O3S/c1-14-9-24(13-32-14)7-5-15(6-8-24)17-10-28-20(11-27-17)33-19-4-2-3-16(21(19)25)23-29-18(12-31-23)22(26)30/h2-4,10-12,14-15H,5-9,13H2,1H3,(H2,26,30)/t14-,15?,24?/m0/s1. The summed E-state index contributed by atoms with van der Waals surface area (Å²) >= 11 is 8.03. The second-order valence-corrected chi connectivity index (χ2v) is 10.4. The van der Waals surface area contributed by atoms with E-state index in [1.165, 1.54) is 37.3 Å². The van der Waals surface area contributed by atoms with Gasteiger partial charge in [-0.1, -0.05) is 29.4 Å². The van der Waals surface area contributed by atoms with E-state index in [0.29, 0.717) is 28.0 Å². The molecule has 2 fully saturated rings. The Bertz CT molecular complexity index is 1160. The van der Waals surface area contributed by atoms with Crippen molar-refractivity contribution in [2.24, 2.45) is 11.1 Å². The van der Waals surface area contributed by atoms with Crippen LogP contribution in [0.1, 0.15) is 61.1 Å². The van der Waals surface area contributed by atoms with Crippen LogP contribution >= 0.6 is 23.4 Å². The van der Waals surface area contributed by atoms with Crippen molar-refractivity contribution < 1.29 is 13.9 Å². The molecular weight excluding hydrogens is 460 g/mol. The minimum atomic E-state index is -0.652. The molecular formula is C24H25ClN4O3S. The Hall–Kier alpha value is -2.42. The molecule has 2 aliphatic rings. The van der Waals surface area contributed by atoms with Gasteiger partial charge in [-0.3, -0.25) is 9.78 Å². The van der Waals surface area contributed by atoms with Crippen LogP contribution in [-0.2, 0) is 4.74 Å². The van der Waals surface area contributed by atoms with Gasteiger partial charge in [-0.2, -0.15) is 0 Å². The van der Waals surface area contributed by atoms with Crippen molar-refractivity contribution >= 4 is 29.3 Å². The third-order valence-corrected chi connectivity index (χ3v) is 8.17. The van der Waals surface area contributed by atoms with E-state index in [2.05, 4.69) is 16.9 Å². The highest BCUT2D eigenvalue weighted by Gasteiger charge is 2.41. The number of carbonyl (C=O) groups excluding carboxylic acids is 1. The second-order valence-electron chi connectivity index (χ2n) is 9.00. The maximum absolute atomic E-state index is 11.3. The van der Waals surface area contributed by atoms with E-state index in [4.69, 9.17) is 31.5 Å². The first-order valence-corrected chi connectivity index (χ1v) is 12.3. The van der Waals surface area contributed by atoms with Crippen LogP contribution < -0.4 is 5.73 Å². The van der Waals surface area contributed by atoms with E-state index in [0.717, 1.165) is 35.1 Å². The number of halogens is 1. The van der Waals surface area contributed by atoms with Gasteiger partial charge in [0.25, 0.3) is 5.91 Å². The fraction of sp³-hybridized carbons (Fsp3) is 0.417. The number of hydrogen-bond donors (Lipinski definition) is 1. The van der Waals surface area contributed by atoms with Crippen molar-refractivity contribution in [2.45, 2.75) is 61.0 Å². The Morgan fingerprint density at radius 1 is 1.24 bits per heavy atom. The van der Waals surface area contributed by atoms with Crippen LogP contribution in [0.25, 0.3) is 11.5 Å². The van der Waals surface area contributed by atoms with E-state index < -0.39 is 5.91 Å². The van der Waals surface area contributed by atoms with Crippen LogP contribution in [0.15, 0.2) is 51.2 Å². The molecule has 9 heteroatoms. The average molecular weight is 485 g/mol. The predicted molar refractivity (Wildman–Crippen MR) is 125 cm³/mol. The molecule has 1 aliphatic carbocycles. The Balaban J connectivity index is 1.26. The molecule has 1 saturated heterocycles. The molecule has 3 heterocycles. The van der Waals surface area contributed by atoms with Crippen LogP contribution in [0.5, 0.6) is 0 Å². The molecule has 3 aromatic rings. The number of carbonyl (C=O) groups is 1. The van der Waals surface area contributed by atoms with Gasteiger partial charge in [0.05, 0.1) is 41.4 Å². The molecule has 1 aromatic carbocycles. The van der Waals surface area contributed by atoms with Crippen LogP contribution in [-0.4, -0.2) is 33.6 Å². The normalized spacial score (nSPS) is 24.9. The number of benzene rings is 1. The van der Waals surface area contributed by atoms with E-state index in [9.17, 15) is 4.79 Å². The Labute approximate surface area is 201 Å². The van der Waals surface area contributed by atoms with Gasteiger partial charge < -0.3 is 14.9 Å². The largest absolute Gasteiger partial charge is 0.444 e. The van der Waals surface area contributed by atoms with Gasteiger partial charge in [0.15, 0.2) is 5.69 Å². The van der Waals surface area contributed by atoms with Gasteiger partial charge in [0, 0.05) is 10.8 Å². The van der Waals surface area contributed by atoms with Crippen LogP contribution in [0.3, 0.4) is 0 Å². The van der Waals surface area contributed by atoms with Crippen molar-refractivity contribution in [3.05, 3.63) is 53.3 Å². The lowest BCUT2D eigenvalue weighted by molar-refractivity contribution is 0.0895. The lowest BCUT2D eigenvalue weighted by Crippen LogP contribution is -2.27. The number of amides is 1. The molecule has 1 saturated carbocycles. The highest BCUT2D eigenvalue weighted by Crippen LogP contribution is 2.48. The maximum Gasteiger partial charge on any atom is 0.270 e. The Morgan fingerprint density at radius 3 is 2.70 bits per heavy atom. The van der Waals surface area contributed by atoms with E-state index in [1.54, 1.807) is 6.07 Å². The SMILES string of the molecule is C[C@H]1CC2(CCC(c3cnc(Sc4cccc(-c5nc(C(N)=O)co5)c4Cl)cn3)CC2)CO1. The van der Waals surface area contributed by atoms with Crippen molar-refractivity contribution in [1.29, 1.82) is 0 Å². The second kappa shape index (κ2) is 9.08. The molecule has 2 aromatic heterocycles. The van der Waals surface area contributed by atoms with Gasteiger partial charge in [-0.05, 0) is 56.6 Å². The number of ether oxygens (including phenoxy) is 1. The summed E-state index contributed by atoms with van der Waals surface area (Å²) in [5, 5.41) is 1.23. The first-order valence-electron chi connectivity index (χ1n) is 11.1. The topological polar surface area (TPSA) is 104 Å². The summed E-state index contributed by atoms with van der Waals surface area (Å²) < 4.78 is 11.2. The number of oxazole rings is 1. The first-order chi connectivity index (χ1) is 15.9. The molecule has 1 aliphatic heterocycles. The highest BCUT2D eigenvalue weighted by molar-refractivity contribution is 7.99. The summed E-state index contributed by atoms with van der Waals surface area (Å²) in [5.41, 5.74) is 7.33. The number of nitrogens with two attached hydrogens (primary N) is 1. The lowest BCUT2D eigenvalue weighted by atomic mass is 9.69. The van der Waals surface area contributed by atoms with Gasteiger partial charge in [-0.25, -0.2) is 9.97 Å². The first kappa shape index (κ1) is 22.4. The summed E-state index contributed by atoms with van der Waals surface area (Å²) in [6.07, 6.45) is 11.2. The molecule has 7 nitrogen and oxygen atoms in total. The highest BCUT2D eigenvalue weighted by atomic mass is 35.5. The van der Waals surface area contributed by atoms with Crippen molar-refractivity contribution in [1.82, 2.24) is 15.0 Å². The summed E-state index contributed by atoms with van der Waals surface area (Å²) in [6, 6.07) is 5.53. The number of hydrogen-bond acceptors (Lipinski definition) is 7. The third-order valence-electron chi connectivity index (χ3n) is 6.67. The predicted octanol–water partition coefficient (Wildman–Crippen LogP) is 5.49. The molecule has 1 atom stereocenters. The van der Waals surface area contributed by atoms with Gasteiger partial charge in [0.1, 0.15) is 11.3 Å². The minimum absolute atomic E-state index is 0.0594. The average Bonchev–Trinajstić information content (AvgIpc) is 3.44. The fourth-order valence-electron chi connectivity index (χ4n) is 4.89. The van der Waals surface area contributed by atoms with Crippen LogP contribution in [0.2, 0.25) is 5.02 Å². The molecule has 2 N–H and O–H groups in total. The number of nitrogens with zero attached hydrogens (tertiary/aromatic N) is 3. The maximum atomic E-state index is 11.3. The zero-order valence-electron chi connectivity index (χ0n) is 18.3. The van der Waals surface area contributed by atoms with Crippen molar-refractivity contribution in [3.63, 3.8) is 0 Å². The molecule has 0 unspecified atom stereocenters. The van der Waals surface area contributed by atoms with E-state index in [-0.39, 0.29) is 11.6 Å². The third kappa shape index (κ3) is 4.65. The number of aromatic nitrogens is 3. The minimum Gasteiger partial charge on any atom is -0.444 e. The zero-order chi connectivity index (χ0) is 23.0. The Morgan fingerprint density at radius 2 is 2.06 bits per heavy atom. The van der Waals surface area contributed by atoms with Gasteiger partial charge in [-0.15, -0.1) is 0 Å². The molecule has 0 radical (unpaired) electrons. The van der Waals surface area contributed by atoms with Crippen LogP contribution in [0, 0.1) is 5.41 Å². The quantitative estimate of drug-likeness (QED) is 0.510. The smallest absolute Gasteiger partial charge is 0.270 e. The number of primary amides is 1. The zero-order valence-corrected chi connectivity index (χ0v) is 19.9. The summed E-state index contributed by atoms with van der Waals surface area (Å²) in [7, 11) is 0. The summed E-state index contributed by atoms with van der Waals surface area (Å²) in [6.45, 7) is 3.08. The fourth-order valence-corrected chi connectivity index (χ4v) is 5.99. The molecule has 33 heavy (non-hydrogen) atoms. The molecule has 1 amide bonds. The Kier molecular flexibility index (Phi) is 6.16. The van der Waals surface area contributed by atoms with Crippen molar-refractivity contribution in [2.75, 3.05) is 6.61 Å². The van der Waals surface area contributed by atoms with Crippen LogP contribution in [0.4, 0.5) is 0 Å². The molecule has 0 bridgehead atoms. The monoisotopic (exact) mass is 484 g/mol. The van der Waals surface area contributed by atoms with E-state index >= 15 is 0 Å². The lowest BCUT2D eigenvalue weighted by Gasteiger charge is -2.35.